The van der Waals surface area contributed by atoms with Crippen LogP contribution in [0.4, 0.5) is 0 Å². The molecule has 10 radical (unpaired) electrons. The first kappa shape index (κ1) is 43.6. The average molecular weight is 764 g/mol. The van der Waals surface area contributed by atoms with Gasteiger partial charge in [-0.2, -0.15) is 0 Å². The first-order valence-corrected chi connectivity index (χ1v) is 27.6. The summed E-state index contributed by atoms with van der Waals surface area (Å²) < 4.78 is 10.1. The van der Waals surface area contributed by atoms with Gasteiger partial charge in [-0.3, -0.25) is 0 Å². The average Bonchev–Trinajstić information content (AvgIpc) is 3.68. The van der Waals surface area contributed by atoms with Crippen molar-refractivity contribution in [2.45, 2.75) is 145 Å². The van der Waals surface area contributed by atoms with Crippen LogP contribution in [-0.4, -0.2) is 39.5 Å². The second-order valence-electron chi connectivity index (χ2n) is 9.89. The normalized spacial score (nSPS) is 13.8. The standard InChI is InChI=1S/2C5H4.6C4H9.Fe.2Sn/c2*1-2-4-5-3-1;6*1-3-4-2;;;/h2*1-4H;6*1,3-4H2,2H3;;;/q2*-1;;;;;;;+2;2*+1. The maximum atomic E-state index is 2.86. The third-order valence-electron chi connectivity index (χ3n) is 6.30. The molecule has 2 aliphatic rings. The molecule has 2 rings (SSSR count). The molecule has 0 aromatic carbocycles. The quantitative estimate of drug-likeness (QED) is 0.0963. The molecular weight excluding hydrogens is 702 g/mol. The van der Waals surface area contributed by atoms with E-state index in [2.05, 4.69) is 54.4 Å². The van der Waals surface area contributed by atoms with Crippen molar-refractivity contribution in [3.05, 3.63) is 64.2 Å². The zero-order valence-corrected chi connectivity index (χ0v) is 32.5. The zero-order chi connectivity index (χ0) is 27.0. The molecule has 2 fully saturated rings. The Hall–Kier alpha value is 2.12. The first-order valence-electron chi connectivity index (χ1n) is 15.5. The molecule has 0 aromatic heterocycles. The van der Waals surface area contributed by atoms with Crippen LogP contribution >= 0.6 is 0 Å². The molecule has 0 saturated heterocycles. The Balaban J connectivity index is -0.000000446. The van der Waals surface area contributed by atoms with Crippen LogP contribution in [0.1, 0.15) is 119 Å². The van der Waals surface area contributed by atoms with E-state index in [0.29, 0.717) is 0 Å². The summed E-state index contributed by atoms with van der Waals surface area (Å²) in [7, 11) is 0. The minimum absolute atomic E-state index is 0. The smallest absolute Gasteiger partial charge is 0.474 e. The van der Waals surface area contributed by atoms with Crippen molar-refractivity contribution in [1.29, 1.82) is 0 Å². The molecule has 3 heteroatoms. The van der Waals surface area contributed by atoms with Gasteiger partial charge in [-0.25, -0.2) is 25.7 Å². The van der Waals surface area contributed by atoms with Gasteiger partial charge in [0.2, 0.25) is 0 Å². The number of rotatable bonds is 18. The molecule has 0 amide bonds. The summed E-state index contributed by atoms with van der Waals surface area (Å²) in [5, 5.41) is 0. The second-order valence-corrected chi connectivity index (χ2v) is 27.0. The Morgan fingerprint density at radius 3 is 0.676 bits per heavy atom. The zero-order valence-electron chi connectivity index (χ0n) is 25.7. The van der Waals surface area contributed by atoms with Gasteiger partial charge in [0, 0.05) is 0 Å². The summed E-state index contributed by atoms with van der Waals surface area (Å²) in [5.74, 6) is 0. The van der Waals surface area contributed by atoms with Crippen LogP contribution in [0.3, 0.4) is 0 Å². The summed E-state index contributed by atoms with van der Waals surface area (Å²) in [5.41, 5.74) is 0. The number of hydrogen-bond acceptors (Lipinski definition) is 0. The van der Waals surface area contributed by atoms with Crippen LogP contribution in [0.25, 0.3) is 0 Å². The van der Waals surface area contributed by atoms with Crippen LogP contribution in [0, 0.1) is 64.2 Å². The van der Waals surface area contributed by atoms with Gasteiger partial charge in [0.15, 0.2) is 0 Å². The third kappa shape index (κ3) is 38.1. The van der Waals surface area contributed by atoms with Gasteiger partial charge in [-0.1, -0.05) is 25.7 Å². The van der Waals surface area contributed by atoms with Crippen molar-refractivity contribution in [3.8, 4) is 0 Å². The molecule has 0 atom stereocenters. The summed E-state index contributed by atoms with van der Waals surface area (Å²) in [6.07, 6.45) is 38.7. The molecule has 0 aromatic rings. The van der Waals surface area contributed by atoms with E-state index in [1.165, 1.54) is 77.0 Å². The third-order valence-corrected chi connectivity index (χ3v) is 24.5. The van der Waals surface area contributed by atoms with E-state index in [9.17, 15) is 0 Å². The van der Waals surface area contributed by atoms with E-state index < -0.39 is 39.5 Å². The van der Waals surface area contributed by atoms with Crippen molar-refractivity contribution in [3.63, 3.8) is 0 Å². The Kier molecular flexibility index (Phi) is 47.4. The van der Waals surface area contributed by atoms with Crippen molar-refractivity contribution < 1.29 is 17.1 Å². The molecule has 0 N–H and O–H groups in total. The molecule has 0 aliphatic heterocycles. The Morgan fingerprint density at radius 1 is 0.378 bits per heavy atom. The first-order chi connectivity index (χ1) is 17.7. The van der Waals surface area contributed by atoms with E-state index in [0.717, 1.165) is 0 Å². The number of hydrogen-bond donors (Lipinski definition) is 0. The van der Waals surface area contributed by atoms with Crippen molar-refractivity contribution in [2.75, 3.05) is 0 Å². The van der Waals surface area contributed by atoms with Gasteiger partial charge >= 0.3 is 202 Å². The molecule has 0 unspecified atom stereocenters. The van der Waals surface area contributed by atoms with Gasteiger partial charge in [0.1, 0.15) is 0 Å². The van der Waals surface area contributed by atoms with Crippen molar-refractivity contribution >= 4 is 39.5 Å². The van der Waals surface area contributed by atoms with Crippen LogP contribution in [0.2, 0.25) is 26.6 Å². The second kappa shape index (κ2) is 40.3. The fourth-order valence-corrected chi connectivity index (χ4v) is 22.8. The van der Waals surface area contributed by atoms with Gasteiger partial charge in [-0.05, 0) is 0 Å². The largest absolute Gasteiger partial charge is 2.00 e. The molecule has 0 bridgehead atoms. The van der Waals surface area contributed by atoms with Crippen LogP contribution in [-0.2, 0) is 17.1 Å². The molecule has 0 heterocycles. The van der Waals surface area contributed by atoms with Gasteiger partial charge in [0.25, 0.3) is 0 Å². The molecule has 0 nitrogen and oxygen atoms in total. The summed E-state index contributed by atoms with van der Waals surface area (Å²) in [6.45, 7) is 14.0. The number of unbranched alkanes of at least 4 members (excludes halogenated alkanes) is 6. The van der Waals surface area contributed by atoms with E-state index >= 15 is 0 Å². The topological polar surface area (TPSA) is 0 Å². The molecule has 37 heavy (non-hydrogen) atoms. The van der Waals surface area contributed by atoms with Crippen LogP contribution in [0.15, 0.2) is 0 Å². The van der Waals surface area contributed by atoms with Crippen molar-refractivity contribution in [1.82, 2.24) is 0 Å². The predicted molar refractivity (Wildman–Crippen MR) is 171 cm³/mol. The maximum absolute atomic E-state index is 2.86. The van der Waals surface area contributed by atoms with E-state index in [-0.39, 0.29) is 17.1 Å². The summed E-state index contributed by atoms with van der Waals surface area (Å²) >= 11 is -1.68. The monoisotopic (exact) mass is 766 g/mol. The molecular formula is C34H62FeSn2+2. The van der Waals surface area contributed by atoms with E-state index in [1.54, 1.807) is 26.6 Å². The fourth-order valence-electron chi connectivity index (χ4n) is 3.87. The Labute approximate surface area is 263 Å². The fraction of sp³-hybridized carbons (Fsp3) is 0.706. The van der Waals surface area contributed by atoms with Crippen LogP contribution < -0.4 is 0 Å². The summed E-state index contributed by atoms with van der Waals surface area (Å²) in [4.78, 5) is 0. The maximum Gasteiger partial charge on any atom is 2.00 e. The minimum atomic E-state index is -0.839. The minimum Gasteiger partial charge on any atom is -0.474 e. The van der Waals surface area contributed by atoms with Crippen LogP contribution in [0.5, 0.6) is 0 Å². The van der Waals surface area contributed by atoms with Crippen molar-refractivity contribution in [2.24, 2.45) is 0 Å². The molecule has 2 aliphatic carbocycles. The molecule has 2 saturated carbocycles. The predicted octanol–water partition coefficient (Wildman–Crippen LogP) is 11.6. The Bertz CT molecular complexity index is 268. The Morgan fingerprint density at radius 2 is 0.568 bits per heavy atom. The van der Waals surface area contributed by atoms with Gasteiger partial charge in [-0.15, -0.1) is 0 Å². The summed E-state index contributed by atoms with van der Waals surface area (Å²) in [6, 6.07) is 0. The van der Waals surface area contributed by atoms with Gasteiger partial charge in [0.05, 0.1) is 0 Å². The molecule has 0 spiro atoms. The van der Waals surface area contributed by atoms with E-state index in [4.69, 9.17) is 0 Å². The molecule has 212 valence electrons. The van der Waals surface area contributed by atoms with E-state index in [1.807, 2.05) is 51.4 Å². The SMILES string of the molecule is CCC[CH2][Sn+]([CH2]CCC)[CH2]CCC.CCC[CH2][Sn+]([CH2]CCC)[CH2]CCC.[C-]1[CH][CH][CH][CH]1.[C-]1[CH][CH][CH][CH]1.[Fe+2]. The van der Waals surface area contributed by atoms with Gasteiger partial charge < -0.3 is 12.8 Å².